The lowest BCUT2D eigenvalue weighted by atomic mass is 10.1. The Bertz CT molecular complexity index is 986. The van der Waals surface area contributed by atoms with Gasteiger partial charge in [0.05, 0.1) is 13.7 Å². The zero-order valence-electron chi connectivity index (χ0n) is 17.7. The molecular weight excluding hydrogens is 398 g/mol. The second-order valence-corrected chi connectivity index (χ2v) is 7.77. The molecule has 1 aromatic heterocycles. The molecule has 0 unspecified atom stereocenters. The van der Waals surface area contributed by atoms with Crippen molar-refractivity contribution in [3.05, 3.63) is 47.3 Å². The Balaban J connectivity index is 1.34. The molecule has 9 nitrogen and oxygen atoms in total. The van der Waals surface area contributed by atoms with Gasteiger partial charge in [-0.05, 0) is 18.9 Å². The highest BCUT2D eigenvalue weighted by Crippen LogP contribution is 2.22. The smallest absolute Gasteiger partial charge is 0.272 e. The molecule has 1 fully saturated rings. The van der Waals surface area contributed by atoms with E-state index in [0.717, 1.165) is 24.3 Å². The summed E-state index contributed by atoms with van der Waals surface area (Å²) in [5.74, 6) is 0.462. The van der Waals surface area contributed by atoms with Crippen molar-refractivity contribution in [3.63, 3.8) is 0 Å². The zero-order valence-corrected chi connectivity index (χ0v) is 17.7. The number of aromatic nitrogens is 2. The number of rotatable bonds is 8. The minimum Gasteiger partial charge on any atom is -0.496 e. The van der Waals surface area contributed by atoms with Crippen LogP contribution in [0.5, 0.6) is 5.75 Å². The monoisotopic (exact) mass is 425 g/mol. The summed E-state index contributed by atoms with van der Waals surface area (Å²) in [7, 11) is 1.61. The summed E-state index contributed by atoms with van der Waals surface area (Å²) in [5, 5.41) is 7.15. The number of hydrogen-bond acceptors (Lipinski definition) is 5. The molecule has 2 aliphatic heterocycles. The average molecular weight is 425 g/mol. The number of nitrogens with zero attached hydrogens (tertiary/aromatic N) is 4. The lowest BCUT2D eigenvalue weighted by Crippen LogP contribution is -2.39. The van der Waals surface area contributed by atoms with E-state index in [1.54, 1.807) is 22.8 Å². The number of ether oxygens (including phenoxy) is 1. The van der Waals surface area contributed by atoms with Crippen LogP contribution in [0.3, 0.4) is 0 Å². The van der Waals surface area contributed by atoms with Crippen LogP contribution in [-0.4, -0.2) is 70.6 Å². The molecule has 3 heterocycles. The molecule has 0 aliphatic carbocycles. The molecule has 4 rings (SSSR count). The summed E-state index contributed by atoms with van der Waals surface area (Å²) < 4.78 is 6.98. The lowest BCUT2D eigenvalue weighted by molar-refractivity contribution is -0.127. The van der Waals surface area contributed by atoms with Crippen LogP contribution in [0.4, 0.5) is 0 Å². The first-order valence-corrected chi connectivity index (χ1v) is 10.6. The Labute approximate surface area is 180 Å². The molecule has 2 aromatic rings. The summed E-state index contributed by atoms with van der Waals surface area (Å²) >= 11 is 0. The van der Waals surface area contributed by atoms with Crippen molar-refractivity contribution in [2.24, 2.45) is 0 Å². The molecule has 1 N–H and O–H groups in total. The molecule has 164 valence electrons. The van der Waals surface area contributed by atoms with Crippen LogP contribution < -0.4 is 10.1 Å². The molecule has 9 heteroatoms. The first-order chi connectivity index (χ1) is 15.1. The highest BCUT2D eigenvalue weighted by Gasteiger charge is 2.28. The Kier molecular flexibility index (Phi) is 6.20. The van der Waals surface area contributed by atoms with E-state index in [1.165, 1.54) is 0 Å². The van der Waals surface area contributed by atoms with Crippen LogP contribution in [0.25, 0.3) is 0 Å². The zero-order chi connectivity index (χ0) is 21.8. The average Bonchev–Trinajstić information content (AvgIpc) is 3.40. The van der Waals surface area contributed by atoms with E-state index in [1.807, 2.05) is 29.2 Å². The molecular formula is C22H27N5O4. The van der Waals surface area contributed by atoms with E-state index in [9.17, 15) is 14.4 Å². The van der Waals surface area contributed by atoms with Gasteiger partial charge in [-0.25, -0.2) is 0 Å². The molecule has 0 spiro atoms. The van der Waals surface area contributed by atoms with E-state index in [0.29, 0.717) is 51.3 Å². The topological polar surface area (TPSA) is 96.8 Å². The number of methoxy groups -OCH3 is 1. The SMILES string of the molecule is COc1ccccc1CN1CCn2nc(C(=O)NCCCN3CCCC3=O)cc2C1=O. The summed E-state index contributed by atoms with van der Waals surface area (Å²) in [6, 6.07) is 9.17. The number of para-hydroxylation sites is 1. The lowest BCUT2D eigenvalue weighted by Gasteiger charge is -2.28. The second kappa shape index (κ2) is 9.20. The predicted octanol–water partition coefficient (Wildman–Crippen LogP) is 1.29. The van der Waals surface area contributed by atoms with Crippen LogP contribution in [-0.2, 0) is 17.9 Å². The molecule has 0 bridgehead atoms. The van der Waals surface area contributed by atoms with Gasteiger partial charge in [0.1, 0.15) is 11.4 Å². The predicted molar refractivity (Wildman–Crippen MR) is 113 cm³/mol. The van der Waals surface area contributed by atoms with Gasteiger partial charge in [-0.15, -0.1) is 0 Å². The van der Waals surface area contributed by atoms with Crippen molar-refractivity contribution in [2.75, 3.05) is 33.3 Å². The Hall–Kier alpha value is -3.36. The van der Waals surface area contributed by atoms with Gasteiger partial charge in [0.25, 0.3) is 11.8 Å². The maximum atomic E-state index is 12.9. The highest BCUT2D eigenvalue weighted by molar-refractivity contribution is 5.98. The Morgan fingerprint density at radius 3 is 2.77 bits per heavy atom. The quantitative estimate of drug-likeness (QED) is 0.643. The maximum Gasteiger partial charge on any atom is 0.272 e. The van der Waals surface area contributed by atoms with Crippen LogP contribution in [0.2, 0.25) is 0 Å². The fourth-order valence-corrected chi connectivity index (χ4v) is 4.04. The van der Waals surface area contributed by atoms with E-state index in [-0.39, 0.29) is 23.4 Å². The second-order valence-electron chi connectivity index (χ2n) is 7.77. The molecule has 3 amide bonds. The first kappa shape index (κ1) is 20.9. The fourth-order valence-electron chi connectivity index (χ4n) is 4.04. The number of hydrogen-bond donors (Lipinski definition) is 1. The van der Waals surface area contributed by atoms with Gasteiger partial charge >= 0.3 is 0 Å². The normalized spacial score (nSPS) is 15.9. The van der Waals surface area contributed by atoms with Crippen molar-refractivity contribution in [1.82, 2.24) is 24.9 Å². The summed E-state index contributed by atoms with van der Waals surface area (Å²) in [6.45, 7) is 3.38. The maximum absolute atomic E-state index is 12.9. The van der Waals surface area contributed by atoms with Gasteiger partial charge in [0, 0.05) is 50.8 Å². The van der Waals surface area contributed by atoms with E-state index >= 15 is 0 Å². The minimum absolute atomic E-state index is 0.156. The molecule has 1 saturated heterocycles. The molecule has 1 aromatic carbocycles. The number of carbonyl (C=O) groups excluding carboxylic acids is 3. The van der Waals surface area contributed by atoms with Crippen LogP contribution >= 0.6 is 0 Å². The Morgan fingerprint density at radius 2 is 2.00 bits per heavy atom. The number of amides is 3. The van der Waals surface area contributed by atoms with Crippen LogP contribution in [0.1, 0.15) is 45.8 Å². The summed E-state index contributed by atoms with van der Waals surface area (Å²) in [4.78, 5) is 40.6. The van der Waals surface area contributed by atoms with Gasteiger partial charge in [-0.3, -0.25) is 19.1 Å². The van der Waals surface area contributed by atoms with E-state index in [2.05, 4.69) is 10.4 Å². The Morgan fingerprint density at radius 1 is 1.16 bits per heavy atom. The van der Waals surface area contributed by atoms with Gasteiger partial charge in [-0.2, -0.15) is 5.10 Å². The molecule has 2 aliphatic rings. The largest absolute Gasteiger partial charge is 0.496 e. The van der Waals surface area contributed by atoms with Gasteiger partial charge in [0.15, 0.2) is 5.69 Å². The van der Waals surface area contributed by atoms with Gasteiger partial charge in [0.2, 0.25) is 5.91 Å². The first-order valence-electron chi connectivity index (χ1n) is 10.6. The van der Waals surface area contributed by atoms with Crippen molar-refractivity contribution < 1.29 is 19.1 Å². The van der Waals surface area contributed by atoms with Crippen LogP contribution in [0.15, 0.2) is 30.3 Å². The minimum atomic E-state index is -0.307. The molecule has 0 atom stereocenters. The van der Waals surface area contributed by atoms with Crippen molar-refractivity contribution in [3.8, 4) is 5.75 Å². The van der Waals surface area contributed by atoms with Crippen LogP contribution in [0, 0.1) is 0 Å². The third-order valence-corrected chi connectivity index (χ3v) is 5.72. The third kappa shape index (κ3) is 4.55. The third-order valence-electron chi connectivity index (χ3n) is 5.72. The van der Waals surface area contributed by atoms with Gasteiger partial charge < -0.3 is 19.9 Å². The molecule has 0 radical (unpaired) electrons. The van der Waals surface area contributed by atoms with E-state index < -0.39 is 0 Å². The summed E-state index contributed by atoms with van der Waals surface area (Å²) in [6.07, 6.45) is 2.22. The summed E-state index contributed by atoms with van der Waals surface area (Å²) in [5.41, 5.74) is 1.58. The number of benzene rings is 1. The molecule has 31 heavy (non-hydrogen) atoms. The number of likely N-dealkylation sites (tertiary alicyclic amines) is 1. The standard InChI is InChI=1S/C22H27N5O4/c1-31-19-7-3-2-6-16(19)15-26-12-13-27-18(22(26)30)14-17(24-27)21(29)23-9-5-11-25-10-4-8-20(25)28/h2-3,6-7,14H,4-5,8-13,15H2,1H3,(H,23,29). The van der Waals surface area contributed by atoms with Crippen molar-refractivity contribution in [2.45, 2.75) is 32.4 Å². The highest BCUT2D eigenvalue weighted by atomic mass is 16.5. The molecule has 0 saturated carbocycles. The fraction of sp³-hybridized carbons (Fsp3) is 0.455. The number of fused-ring (bicyclic) bond motifs is 1. The van der Waals surface area contributed by atoms with Crippen molar-refractivity contribution in [1.29, 1.82) is 0 Å². The van der Waals surface area contributed by atoms with Gasteiger partial charge in [-0.1, -0.05) is 18.2 Å². The van der Waals surface area contributed by atoms with Crippen molar-refractivity contribution >= 4 is 17.7 Å². The number of carbonyl (C=O) groups is 3. The number of nitrogens with one attached hydrogen (secondary N) is 1. The van der Waals surface area contributed by atoms with E-state index in [4.69, 9.17) is 4.74 Å².